The number of rotatable bonds is 4. The molecule has 0 fully saturated rings. The van der Waals surface area contributed by atoms with E-state index in [-0.39, 0.29) is 0 Å². The first kappa shape index (κ1) is 14.6. The van der Waals surface area contributed by atoms with E-state index < -0.39 is 0 Å². The van der Waals surface area contributed by atoms with Crippen molar-refractivity contribution in [3.8, 4) is 0 Å². The lowest BCUT2D eigenvalue weighted by Crippen LogP contribution is -2.00. The van der Waals surface area contributed by atoms with Gasteiger partial charge in [0, 0.05) is 15.6 Å². The summed E-state index contributed by atoms with van der Waals surface area (Å²) in [7, 11) is 0. The maximum absolute atomic E-state index is 5.86. The Labute approximate surface area is 127 Å². The summed E-state index contributed by atoms with van der Waals surface area (Å²) >= 11 is 12.8. The highest BCUT2D eigenvalue weighted by Crippen LogP contribution is 2.23. The molecular formula is C14H15ClN2S2. The maximum atomic E-state index is 5.86. The van der Waals surface area contributed by atoms with E-state index in [0.717, 1.165) is 22.3 Å². The number of H-pyrrole nitrogens is 1. The van der Waals surface area contributed by atoms with Gasteiger partial charge in [0.15, 0.2) is 0 Å². The highest BCUT2D eigenvalue weighted by atomic mass is 35.5. The molecule has 5 heteroatoms. The molecule has 19 heavy (non-hydrogen) atoms. The van der Waals surface area contributed by atoms with Gasteiger partial charge in [0.05, 0.1) is 5.75 Å². The van der Waals surface area contributed by atoms with E-state index in [2.05, 4.69) is 23.8 Å². The topological polar surface area (TPSA) is 28.7 Å². The van der Waals surface area contributed by atoms with Crippen molar-refractivity contribution in [1.82, 2.24) is 9.97 Å². The summed E-state index contributed by atoms with van der Waals surface area (Å²) in [5.74, 6) is 2.10. The third-order valence-corrected chi connectivity index (χ3v) is 4.11. The van der Waals surface area contributed by atoms with Crippen molar-refractivity contribution in [2.45, 2.75) is 30.4 Å². The second kappa shape index (κ2) is 6.55. The second-order valence-corrected chi connectivity index (χ2v) is 6.42. The molecule has 1 aromatic carbocycles. The Kier molecular flexibility index (Phi) is 5.02. The quantitative estimate of drug-likeness (QED) is 0.621. The highest BCUT2D eigenvalue weighted by molar-refractivity contribution is 7.98. The average molecular weight is 311 g/mol. The van der Waals surface area contributed by atoms with Crippen molar-refractivity contribution in [3.63, 3.8) is 0 Å². The number of aromatic nitrogens is 2. The molecule has 0 atom stereocenters. The minimum Gasteiger partial charge on any atom is -0.346 e. The van der Waals surface area contributed by atoms with Gasteiger partial charge in [-0.2, -0.15) is 0 Å². The monoisotopic (exact) mass is 310 g/mol. The molecule has 0 aliphatic carbocycles. The number of nitrogens with one attached hydrogen (secondary N) is 1. The van der Waals surface area contributed by atoms with Gasteiger partial charge < -0.3 is 4.98 Å². The molecule has 1 N–H and O–H groups in total. The SMILES string of the molecule is CC(C)c1cc(=S)nc(CSc2ccc(Cl)cc2)[nH]1. The van der Waals surface area contributed by atoms with Crippen molar-refractivity contribution in [2.75, 3.05) is 0 Å². The number of nitrogens with zero attached hydrogens (tertiary/aromatic N) is 1. The number of hydrogen-bond donors (Lipinski definition) is 1. The number of benzene rings is 1. The van der Waals surface area contributed by atoms with Gasteiger partial charge in [-0.1, -0.05) is 37.7 Å². The van der Waals surface area contributed by atoms with E-state index >= 15 is 0 Å². The van der Waals surface area contributed by atoms with Gasteiger partial charge in [0.25, 0.3) is 0 Å². The standard InChI is InChI=1S/C14H15ClN2S2/c1-9(2)12-7-14(18)17-13(16-12)8-19-11-5-3-10(15)4-6-11/h3-7,9H,8H2,1-2H3,(H,16,17,18). The maximum Gasteiger partial charge on any atom is 0.130 e. The van der Waals surface area contributed by atoms with E-state index in [1.165, 1.54) is 4.90 Å². The molecule has 0 radical (unpaired) electrons. The second-order valence-electron chi connectivity index (χ2n) is 4.52. The van der Waals surface area contributed by atoms with Gasteiger partial charge in [-0.05, 0) is 36.2 Å². The minimum absolute atomic E-state index is 0.420. The van der Waals surface area contributed by atoms with Gasteiger partial charge in [0.2, 0.25) is 0 Å². The molecule has 0 saturated carbocycles. The number of hydrogen-bond acceptors (Lipinski definition) is 3. The van der Waals surface area contributed by atoms with Crippen LogP contribution in [-0.4, -0.2) is 9.97 Å². The molecule has 2 nitrogen and oxygen atoms in total. The Balaban J connectivity index is 2.11. The average Bonchev–Trinajstić information content (AvgIpc) is 2.37. The Morgan fingerprint density at radius 2 is 2.00 bits per heavy atom. The van der Waals surface area contributed by atoms with Crippen LogP contribution in [-0.2, 0) is 5.75 Å². The third-order valence-electron chi connectivity index (χ3n) is 2.62. The van der Waals surface area contributed by atoms with Crippen LogP contribution in [0.3, 0.4) is 0 Å². The Hall–Kier alpha value is -0.840. The first-order chi connectivity index (χ1) is 9.04. The molecule has 0 spiro atoms. The van der Waals surface area contributed by atoms with E-state index in [9.17, 15) is 0 Å². The van der Waals surface area contributed by atoms with Gasteiger partial charge in [-0.15, -0.1) is 11.8 Å². The van der Waals surface area contributed by atoms with Gasteiger partial charge >= 0.3 is 0 Å². The predicted molar refractivity (Wildman–Crippen MR) is 84.5 cm³/mol. The molecule has 0 unspecified atom stereocenters. The zero-order valence-corrected chi connectivity index (χ0v) is 13.2. The summed E-state index contributed by atoms with van der Waals surface area (Å²) < 4.78 is 0.647. The van der Waals surface area contributed by atoms with Crippen molar-refractivity contribution in [2.24, 2.45) is 0 Å². The lowest BCUT2D eigenvalue weighted by atomic mass is 10.1. The molecular weight excluding hydrogens is 296 g/mol. The smallest absolute Gasteiger partial charge is 0.130 e. The molecule has 0 saturated heterocycles. The highest BCUT2D eigenvalue weighted by Gasteiger charge is 2.04. The van der Waals surface area contributed by atoms with Crippen molar-refractivity contribution >= 4 is 35.6 Å². The van der Waals surface area contributed by atoms with Crippen LogP contribution in [0.4, 0.5) is 0 Å². The van der Waals surface area contributed by atoms with E-state index in [0.29, 0.717) is 10.6 Å². The molecule has 100 valence electrons. The zero-order valence-electron chi connectivity index (χ0n) is 10.8. The summed E-state index contributed by atoms with van der Waals surface area (Å²) in [5.41, 5.74) is 1.13. The number of thioether (sulfide) groups is 1. The summed E-state index contributed by atoms with van der Waals surface area (Å²) in [4.78, 5) is 8.87. The van der Waals surface area contributed by atoms with E-state index in [4.69, 9.17) is 23.8 Å². The molecule has 0 amide bonds. The normalized spacial score (nSPS) is 10.9. The Morgan fingerprint density at radius 1 is 1.32 bits per heavy atom. The van der Waals surface area contributed by atoms with Crippen LogP contribution in [0, 0.1) is 4.64 Å². The fraction of sp³-hybridized carbons (Fsp3) is 0.286. The summed E-state index contributed by atoms with van der Waals surface area (Å²) in [6, 6.07) is 9.73. The van der Waals surface area contributed by atoms with Crippen LogP contribution in [0.2, 0.25) is 5.02 Å². The number of halogens is 1. The van der Waals surface area contributed by atoms with Gasteiger partial charge in [-0.3, -0.25) is 0 Å². The summed E-state index contributed by atoms with van der Waals surface area (Å²) in [6.07, 6.45) is 0. The van der Waals surface area contributed by atoms with Crippen LogP contribution in [0.1, 0.15) is 31.3 Å². The summed E-state index contributed by atoms with van der Waals surface area (Å²) in [6.45, 7) is 4.27. The first-order valence-electron chi connectivity index (χ1n) is 6.03. The fourth-order valence-electron chi connectivity index (χ4n) is 1.59. The fourth-order valence-corrected chi connectivity index (χ4v) is 2.72. The van der Waals surface area contributed by atoms with Crippen molar-refractivity contribution in [1.29, 1.82) is 0 Å². The van der Waals surface area contributed by atoms with E-state index in [1.807, 2.05) is 30.3 Å². The molecule has 0 aliphatic heterocycles. The Bertz CT molecular complexity index is 606. The molecule has 1 aromatic heterocycles. The van der Waals surface area contributed by atoms with Crippen molar-refractivity contribution in [3.05, 3.63) is 51.5 Å². The zero-order chi connectivity index (χ0) is 13.8. The number of aromatic amines is 1. The van der Waals surface area contributed by atoms with Gasteiger partial charge in [0.1, 0.15) is 10.5 Å². The van der Waals surface area contributed by atoms with Crippen LogP contribution in [0.5, 0.6) is 0 Å². The third kappa shape index (κ3) is 4.34. The summed E-state index contributed by atoms with van der Waals surface area (Å²) in [5, 5.41) is 0.753. The largest absolute Gasteiger partial charge is 0.346 e. The molecule has 0 aliphatic rings. The molecule has 2 aromatic rings. The lowest BCUT2D eigenvalue weighted by molar-refractivity contribution is 0.797. The van der Waals surface area contributed by atoms with Crippen LogP contribution >= 0.6 is 35.6 Å². The lowest BCUT2D eigenvalue weighted by Gasteiger charge is -2.08. The molecule has 0 bridgehead atoms. The first-order valence-corrected chi connectivity index (χ1v) is 7.80. The molecule has 2 rings (SSSR count). The van der Waals surface area contributed by atoms with E-state index in [1.54, 1.807) is 11.8 Å². The van der Waals surface area contributed by atoms with Gasteiger partial charge in [-0.25, -0.2) is 4.98 Å². The van der Waals surface area contributed by atoms with Crippen LogP contribution in [0.25, 0.3) is 0 Å². The Morgan fingerprint density at radius 3 is 2.63 bits per heavy atom. The van der Waals surface area contributed by atoms with Crippen LogP contribution in [0.15, 0.2) is 35.2 Å². The predicted octanol–water partition coefficient (Wildman–Crippen LogP) is 5.21. The minimum atomic E-state index is 0.420. The van der Waals surface area contributed by atoms with Crippen molar-refractivity contribution < 1.29 is 0 Å². The molecule has 1 heterocycles. The van der Waals surface area contributed by atoms with Crippen LogP contribution < -0.4 is 0 Å².